The maximum atomic E-state index is 12.7. The van der Waals surface area contributed by atoms with Crippen molar-refractivity contribution in [3.63, 3.8) is 0 Å². The zero-order chi connectivity index (χ0) is 23.3. The van der Waals surface area contributed by atoms with Gasteiger partial charge >= 0.3 is 0 Å². The Hall–Kier alpha value is -3.43. The Balaban J connectivity index is 1.76. The number of nitrogens with zero attached hydrogens (tertiary/aromatic N) is 2. The van der Waals surface area contributed by atoms with Gasteiger partial charge < -0.3 is 4.74 Å². The maximum Gasteiger partial charge on any atom is 0.264 e. The van der Waals surface area contributed by atoms with Crippen molar-refractivity contribution in [1.82, 2.24) is 9.29 Å². The highest BCUT2D eigenvalue weighted by molar-refractivity contribution is 7.89. The lowest BCUT2D eigenvalue weighted by molar-refractivity contribution is 0.102. The summed E-state index contributed by atoms with van der Waals surface area (Å²) in [5, 5.41) is 3.24. The lowest BCUT2D eigenvalue weighted by Crippen LogP contribution is -2.25. The molecule has 3 rings (SSSR count). The van der Waals surface area contributed by atoms with E-state index in [0.717, 1.165) is 26.2 Å². The largest absolute Gasteiger partial charge is 0.497 e. The summed E-state index contributed by atoms with van der Waals surface area (Å²) in [6, 6.07) is 13.2. The highest BCUT2D eigenvalue weighted by Gasteiger charge is 2.21. The van der Waals surface area contributed by atoms with Crippen LogP contribution in [0, 0.1) is 6.92 Å². The monoisotopic (exact) mass is 469 g/mol. The van der Waals surface area contributed by atoms with E-state index in [0.29, 0.717) is 10.7 Å². The van der Waals surface area contributed by atoms with Crippen LogP contribution in [0.15, 0.2) is 78.9 Å². The van der Waals surface area contributed by atoms with Crippen LogP contribution in [-0.2, 0) is 10.0 Å². The average Bonchev–Trinajstić information content (AvgIpc) is 3.17. The molecule has 1 N–H and O–H groups in total. The standard InChI is InChI=1S/C23H23N3O4S2/c1-5-15-26(6-2)32(28,29)20-13-9-18(10-14-20)22(27)25-23-24-21(16(3)31-23)17-7-11-19(30-4)12-8-17/h5-14H,1-2,15H2,3-4H3,(H,24,25,27). The molecule has 0 radical (unpaired) electrons. The van der Waals surface area contributed by atoms with E-state index < -0.39 is 10.0 Å². The molecule has 1 amide bonds. The minimum Gasteiger partial charge on any atom is -0.497 e. The number of hydrogen-bond donors (Lipinski definition) is 1. The number of methoxy groups -OCH3 is 1. The number of aromatic nitrogens is 1. The Labute approximate surface area is 191 Å². The number of amides is 1. The number of anilines is 1. The number of hydrogen-bond acceptors (Lipinski definition) is 6. The normalized spacial score (nSPS) is 10.9. The molecule has 0 saturated carbocycles. The van der Waals surface area contributed by atoms with Gasteiger partial charge in [0.15, 0.2) is 5.13 Å². The number of sulfonamides is 1. The number of benzene rings is 2. The van der Waals surface area contributed by atoms with Gasteiger partial charge in [0.05, 0.1) is 24.2 Å². The summed E-state index contributed by atoms with van der Waals surface area (Å²) in [5.41, 5.74) is 2.01. The summed E-state index contributed by atoms with van der Waals surface area (Å²) in [6.45, 7) is 9.11. The van der Waals surface area contributed by atoms with Crippen LogP contribution in [0.1, 0.15) is 15.2 Å². The fraction of sp³-hybridized carbons (Fsp3) is 0.130. The molecule has 9 heteroatoms. The summed E-state index contributed by atoms with van der Waals surface area (Å²) in [5.74, 6) is 0.372. The van der Waals surface area contributed by atoms with Crippen LogP contribution in [0.3, 0.4) is 0 Å². The van der Waals surface area contributed by atoms with Crippen LogP contribution in [0.2, 0.25) is 0 Å². The molecular weight excluding hydrogens is 446 g/mol. The third kappa shape index (κ3) is 4.90. The Kier molecular flexibility index (Phi) is 7.12. The van der Waals surface area contributed by atoms with Gasteiger partial charge in [0.1, 0.15) is 5.75 Å². The molecule has 0 aliphatic heterocycles. The molecule has 0 atom stereocenters. The van der Waals surface area contributed by atoms with Crippen molar-refractivity contribution in [3.8, 4) is 17.0 Å². The third-order valence-corrected chi connectivity index (χ3v) is 7.29. The van der Waals surface area contributed by atoms with Gasteiger partial charge in [-0.05, 0) is 55.5 Å². The second-order valence-corrected chi connectivity index (χ2v) is 9.77. The Morgan fingerprint density at radius 3 is 2.38 bits per heavy atom. The van der Waals surface area contributed by atoms with E-state index in [1.165, 1.54) is 47.9 Å². The number of carbonyl (C=O) groups excluding carboxylic acids is 1. The highest BCUT2D eigenvalue weighted by atomic mass is 32.2. The van der Waals surface area contributed by atoms with Gasteiger partial charge in [-0.25, -0.2) is 13.4 Å². The second-order valence-electron chi connectivity index (χ2n) is 6.68. The van der Waals surface area contributed by atoms with E-state index in [-0.39, 0.29) is 17.3 Å². The van der Waals surface area contributed by atoms with Gasteiger partial charge in [0.2, 0.25) is 0 Å². The smallest absolute Gasteiger partial charge is 0.264 e. The summed E-state index contributed by atoms with van der Waals surface area (Å²) in [6.07, 6.45) is 2.69. The fourth-order valence-electron chi connectivity index (χ4n) is 2.95. The van der Waals surface area contributed by atoms with E-state index >= 15 is 0 Å². The number of aryl methyl sites for hydroxylation is 1. The van der Waals surface area contributed by atoms with Crippen LogP contribution in [-0.4, -0.2) is 37.3 Å². The van der Waals surface area contributed by atoms with E-state index in [9.17, 15) is 13.2 Å². The van der Waals surface area contributed by atoms with Crippen molar-refractivity contribution in [2.24, 2.45) is 0 Å². The van der Waals surface area contributed by atoms with E-state index in [1.807, 2.05) is 31.2 Å². The number of rotatable bonds is 9. The SMILES string of the molecule is C=CCN(C=C)S(=O)(=O)c1ccc(C(=O)Nc2nc(-c3ccc(OC)cc3)c(C)s2)cc1. The fourth-order valence-corrected chi connectivity index (χ4v) is 5.03. The number of carbonyl (C=O) groups is 1. The van der Waals surface area contributed by atoms with Crippen LogP contribution in [0.25, 0.3) is 11.3 Å². The van der Waals surface area contributed by atoms with Crippen LogP contribution in [0.5, 0.6) is 5.75 Å². The van der Waals surface area contributed by atoms with E-state index in [2.05, 4.69) is 23.5 Å². The summed E-state index contributed by atoms with van der Waals surface area (Å²) < 4.78 is 31.5. The molecule has 0 bridgehead atoms. The molecule has 0 saturated heterocycles. The lowest BCUT2D eigenvalue weighted by atomic mass is 10.1. The van der Waals surface area contributed by atoms with Gasteiger partial charge in [-0.2, -0.15) is 0 Å². The van der Waals surface area contributed by atoms with E-state index in [4.69, 9.17) is 4.74 Å². The van der Waals surface area contributed by atoms with Crippen molar-refractivity contribution in [3.05, 3.63) is 84.4 Å². The second kappa shape index (κ2) is 9.80. The van der Waals surface area contributed by atoms with Gasteiger partial charge in [-0.3, -0.25) is 14.4 Å². The van der Waals surface area contributed by atoms with Crippen LogP contribution >= 0.6 is 11.3 Å². The molecule has 7 nitrogen and oxygen atoms in total. The van der Waals surface area contributed by atoms with Crippen molar-refractivity contribution in [2.75, 3.05) is 19.0 Å². The molecule has 1 heterocycles. The summed E-state index contributed by atoms with van der Waals surface area (Å²) in [7, 11) is -2.15. The van der Waals surface area contributed by atoms with Crippen molar-refractivity contribution in [1.29, 1.82) is 0 Å². The first-order valence-corrected chi connectivity index (χ1v) is 11.8. The van der Waals surface area contributed by atoms with Gasteiger partial charge in [-0.15, -0.1) is 17.9 Å². The molecule has 0 unspecified atom stereocenters. The van der Waals surface area contributed by atoms with Gasteiger partial charge in [0.25, 0.3) is 15.9 Å². The van der Waals surface area contributed by atoms with Gasteiger partial charge in [-0.1, -0.05) is 12.7 Å². The zero-order valence-corrected chi connectivity index (χ0v) is 19.4. The first-order valence-electron chi connectivity index (χ1n) is 9.58. The van der Waals surface area contributed by atoms with Crippen LogP contribution < -0.4 is 10.1 Å². The Morgan fingerprint density at radius 2 is 1.81 bits per heavy atom. The number of nitrogens with one attached hydrogen (secondary N) is 1. The predicted octanol–water partition coefficient (Wildman–Crippen LogP) is 4.70. The quantitative estimate of drug-likeness (QED) is 0.459. The van der Waals surface area contributed by atoms with E-state index in [1.54, 1.807) is 7.11 Å². The molecule has 1 aromatic heterocycles. The minimum atomic E-state index is -3.76. The molecule has 0 aliphatic carbocycles. The Bertz CT molecular complexity index is 1230. The summed E-state index contributed by atoms with van der Waals surface area (Å²) in [4.78, 5) is 18.2. The maximum absolute atomic E-state index is 12.7. The van der Waals surface area contributed by atoms with Crippen molar-refractivity contribution in [2.45, 2.75) is 11.8 Å². The topological polar surface area (TPSA) is 88.6 Å². The molecule has 0 aliphatic rings. The number of thiazole rings is 1. The first kappa shape index (κ1) is 23.2. The molecule has 2 aromatic carbocycles. The highest BCUT2D eigenvalue weighted by Crippen LogP contribution is 2.31. The average molecular weight is 470 g/mol. The van der Waals surface area contributed by atoms with Crippen molar-refractivity contribution < 1.29 is 17.9 Å². The molecule has 0 spiro atoms. The van der Waals surface area contributed by atoms with Crippen LogP contribution in [0.4, 0.5) is 5.13 Å². The minimum absolute atomic E-state index is 0.0580. The zero-order valence-electron chi connectivity index (χ0n) is 17.7. The lowest BCUT2D eigenvalue weighted by Gasteiger charge is -2.18. The Morgan fingerprint density at radius 1 is 1.16 bits per heavy atom. The molecule has 0 fully saturated rings. The summed E-state index contributed by atoms with van der Waals surface area (Å²) >= 11 is 1.36. The molecule has 166 valence electrons. The first-order chi connectivity index (χ1) is 15.3. The van der Waals surface area contributed by atoms with Crippen molar-refractivity contribution >= 4 is 32.4 Å². The molecule has 3 aromatic rings. The van der Waals surface area contributed by atoms with Gasteiger partial charge in [0, 0.05) is 22.2 Å². The predicted molar refractivity (Wildman–Crippen MR) is 128 cm³/mol. The number of ether oxygens (including phenoxy) is 1. The molecular formula is C23H23N3O4S2. The molecule has 32 heavy (non-hydrogen) atoms. The third-order valence-electron chi connectivity index (χ3n) is 4.62.